The van der Waals surface area contributed by atoms with Gasteiger partial charge in [-0.1, -0.05) is 30.3 Å². The molecule has 0 bridgehead atoms. The first-order valence-corrected chi connectivity index (χ1v) is 4.81. The zero-order valence-corrected chi connectivity index (χ0v) is 7.89. The fraction of sp³-hybridized carbons (Fsp3) is 0.364. The number of carboxylic acid groups (broad SMARTS) is 1. The second kappa shape index (κ2) is 3.80. The summed E-state index contributed by atoms with van der Waals surface area (Å²) in [5, 5.41) is 9.12. The van der Waals surface area contributed by atoms with Crippen molar-refractivity contribution in [1.82, 2.24) is 4.90 Å². The predicted molar refractivity (Wildman–Crippen MR) is 53.0 cm³/mol. The van der Waals surface area contributed by atoms with Gasteiger partial charge in [0.25, 0.3) is 0 Å². The Morgan fingerprint density at radius 2 is 1.93 bits per heavy atom. The first kappa shape index (κ1) is 9.21. The Bertz CT molecular complexity index is 319. The lowest BCUT2D eigenvalue weighted by Gasteiger charge is -2.36. The summed E-state index contributed by atoms with van der Waals surface area (Å²) in [5.41, 5.74) is 0.875. The number of carbonyl (C=O) groups is 1. The van der Waals surface area contributed by atoms with E-state index in [1.165, 1.54) is 0 Å². The molecule has 1 saturated heterocycles. The van der Waals surface area contributed by atoms with Gasteiger partial charge in [0, 0.05) is 13.1 Å². The van der Waals surface area contributed by atoms with Gasteiger partial charge in [-0.05, 0) is 12.0 Å². The Kier molecular flexibility index (Phi) is 2.50. The van der Waals surface area contributed by atoms with Crippen LogP contribution in [0.3, 0.4) is 0 Å². The lowest BCUT2D eigenvalue weighted by atomic mass is 10.0. The summed E-state index contributed by atoms with van der Waals surface area (Å²) in [7, 11) is 0. The van der Waals surface area contributed by atoms with Gasteiger partial charge in [0.2, 0.25) is 0 Å². The summed E-state index contributed by atoms with van der Waals surface area (Å²) < 4.78 is 0. The maximum absolute atomic E-state index is 11.1. The monoisotopic (exact) mass is 191 g/mol. The van der Waals surface area contributed by atoms with Crippen LogP contribution in [0.5, 0.6) is 0 Å². The molecule has 1 aliphatic rings. The summed E-state index contributed by atoms with van der Waals surface area (Å²) in [4.78, 5) is 13.1. The molecule has 3 nitrogen and oxygen atoms in total. The fourth-order valence-corrected chi connectivity index (χ4v) is 1.74. The van der Waals surface area contributed by atoms with E-state index in [9.17, 15) is 4.79 Å². The second-order valence-corrected chi connectivity index (χ2v) is 3.54. The third-order valence-corrected chi connectivity index (χ3v) is 2.61. The van der Waals surface area contributed by atoms with Crippen LogP contribution in [0, 0.1) is 0 Å². The smallest absolute Gasteiger partial charge is 0.325 e. The normalized spacial score (nSPS) is 18.6. The second-order valence-electron chi connectivity index (χ2n) is 3.54. The molecule has 1 fully saturated rings. The Hall–Kier alpha value is -1.35. The molecule has 1 heterocycles. The SMILES string of the molecule is O=C(O)C(c1ccccc1)N1CCC1. The van der Waals surface area contributed by atoms with E-state index in [1.54, 1.807) is 0 Å². The maximum Gasteiger partial charge on any atom is 0.325 e. The minimum atomic E-state index is -0.754. The van der Waals surface area contributed by atoms with Gasteiger partial charge in [0.05, 0.1) is 0 Å². The van der Waals surface area contributed by atoms with Crippen molar-refractivity contribution in [3.8, 4) is 0 Å². The molecule has 3 heteroatoms. The number of likely N-dealkylation sites (tertiary alicyclic amines) is 1. The Morgan fingerprint density at radius 1 is 1.29 bits per heavy atom. The third kappa shape index (κ3) is 1.63. The van der Waals surface area contributed by atoms with Crippen molar-refractivity contribution < 1.29 is 9.90 Å². The van der Waals surface area contributed by atoms with Gasteiger partial charge in [0.15, 0.2) is 0 Å². The molecule has 1 unspecified atom stereocenters. The standard InChI is InChI=1S/C11H13NO2/c13-11(14)10(12-7-4-8-12)9-5-2-1-3-6-9/h1-3,5-6,10H,4,7-8H2,(H,13,14). The highest BCUT2D eigenvalue weighted by atomic mass is 16.4. The van der Waals surface area contributed by atoms with E-state index in [4.69, 9.17) is 5.11 Å². The van der Waals surface area contributed by atoms with Gasteiger partial charge in [-0.3, -0.25) is 9.69 Å². The van der Waals surface area contributed by atoms with Crippen molar-refractivity contribution in [1.29, 1.82) is 0 Å². The molecule has 1 aromatic rings. The zero-order valence-electron chi connectivity index (χ0n) is 7.89. The molecule has 0 radical (unpaired) electrons. The maximum atomic E-state index is 11.1. The van der Waals surface area contributed by atoms with Crippen LogP contribution in [0.1, 0.15) is 18.0 Å². The third-order valence-electron chi connectivity index (χ3n) is 2.61. The molecule has 0 aliphatic carbocycles. The average molecular weight is 191 g/mol. The highest BCUT2D eigenvalue weighted by molar-refractivity contribution is 5.75. The highest BCUT2D eigenvalue weighted by Gasteiger charge is 2.30. The molecule has 0 spiro atoms. The van der Waals surface area contributed by atoms with Crippen LogP contribution in [0.4, 0.5) is 0 Å². The van der Waals surface area contributed by atoms with Crippen molar-refractivity contribution in [3.05, 3.63) is 35.9 Å². The van der Waals surface area contributed by atoms with E-state index in [2.05, 4.69) is 0 Å². The summed E-state index contributed by atoms with van der Waals surface area (Å²) in [6.07, 6.45) is 1.11. The minimum absolute atomic E-state index is 0.454. The van der Waals surface area contributed by atoms with E-state index in [1.807, 2.05) is 35.2 Å². The summed E-state index contributed by atoms with van der Waals surface area (Å²) in [5.74, 6) is -0.754. The molecular formula is C11H13NO2. The predicted octanol–water partition coefficient (Wildman–Crippen LogP) is 1.52. The first-order valence-electron chi connectivity index (χ1n) is 4.81. The number of aliphatic carboxylic acids is 1. The zero-order chi connectivity index (χ0) is 9.97. The van der Waals surface area contributed by atoms with Crippen molar-refractivity contribution in [2.24, 2.45) is 0 Å². The Balaban J connectivity index is 2.22. The number of hydrogen-bond acceptors (Lipinski definition) is 2. The number of carboxylic acids is 1. The molecule has 74 valence electrons. The van der Waals surface area contributed by atoms with Crippen LogP contribution < -0.4 is 0 Å². The summed E-state index contributed by atoms with van der Waals surface area (Å²) in [6.45, 7) is 1.79. The van der Waals surface area contributed by atoms with Crippen LogP contribution in [0.2, 0.25) is 0 Å². The van der Waals surface area contributed by atoms with Crippen LogP contribution in [-0.4, -0.2) is 29.1 Å². The van der Waals surface area contributed by atoms with Gasteiger partial charge in [-0.15, -0.1) is 0 Å². The topological polar surface area (TPSA) is 40.5 Å². The van der Waals surface area contributed by atoms with Crippen LogP contribution in [0.25, 0.3) is 0 Å². The summed E-state index contributed by atoms with van der Waals surface area (Å²) in [6, 6.07) is 8.95. The minimum Gasteiger partial charge on any atom is -0.480 e. The van der Waals surface area contributed by atoms with E-state index in [0.717, 1.165) is 25.1 Å². The van der Waals surface area contributed by atoms with Crippen LogP contribution in [0.15, 0.2) is 30.3 Å². The van der Waals surface area contributed by atoms with Gasteiger partial charge in [-0.2, -0.15) is 0 Å². The number of hydrogen-bond donors (Lipinski definition) is 1. The van der Waals surface area contributed by atoms with Crippen LogP contribution >= 0.6 is 0 Å². The van der Waals surface area contributed by atoms with E-state index in [-0.39, 0.29) is 0 Å². The van der Waals surface area contributed by atoms with E-state index in [0.29, 0.717) is 0 Å². The quantitative estimate of drug-likeness (QED) is 0.787. The van der Waals surface area contributed by atoms with Gasteiger partial charge >= 0.3 is 5.97 Å². The number of benzene rings is 1. The first-order chi connectivity index (χ1) is 6.79. The van der Waals surface area contributed by atoms with Crippen molar-refractivity contribution >= 4 is 5.97 Å². The molecular weight excluding hydrogens is 178 g/mol. The molecule has 1 aliphatic heterocycles. The molecule has 0 saturated carbocycles. The molecule has 1 N–H and O–H groups in total. The Labute approximate surface area is 83.0 Å². The van der Waals surface area contributed by atoms with Gasteiger partial charge in [-0.25, -0.2) is 0 Å². The molecule has 1 aromatic carbocycles. The van der Waals surface area contributed by atoms with Crippen molar-refractivity contribution in [2.75, 3.05) is 13.1 Å². The summed E-state index contributed by atoms with van der Waals surface area (Å²) >= 11 is 0. The van der Waals surface area contributed by atoms with E-state index < -0.39 is 12.0 Å². The lowest BCUT2D eigenvalue weighted by molar-refractivity contribution is -0.145. The molecule has 0 amide bonds. The van der Waals surface area contributed by atoms with Gasteiger partial charge < -0.3 is 5.11 Å². The largest absolute Gasteiger partial charge is 0.480 e. The average Bonchev–Trinajstić information content (AvgIpc) is 2.12. The number of nitrogens with zero attached hydrogens (tertiary/aromatic N) is 1. The molecule has 1 atom stereocenters. The molecule has 14 heavy (non-hydrogen) atoms. The Morgan fingerprint density at radius 3 is 2.36 bits per heavy atom. The van der Waals surface area contributed by atoms with Crippen molar-refractivity contribution in [3.63, 3.8) is 0 Å². The lowest BCUT2D eigenvalue weighted by Crippen LogP contribution is -2.43. The van der Waals surface area contributed by atoms with Crippen LogP contribution in [-0.2, 0) is 4.79 Å². The highest BCUT2D eigenvalue weighted by Crippen LogP contribution is 2.25. The fourth-order valence-electron chi connectivity index (χ4n) is 1.74. The van der Waals surface area contributed by atoms with Gasteiger partial charge in [0.1, 0.15) is 6.04 Å². The van der Waals surface area contributed by atoms with E-state index >= 15 is 0 Å². The number of rotatable bonds is 3. The van der Waals surface area contributed by atoms with Crippen molar-refractivity contribution in [2.45, 2.75) is 12.5 Å². The molecule has 0 aromatic heterocycles. The molecule has 2 rings (SSSR count).